The molecule has 0 aliphatic carbocycles. The topological polar surface area (TPSA) is 32.3 Å². The lowest BCUT2D eigenvalue weighted by Gasteiger charge is -2.31. The monoisotopic (exact) mass is 277 g/mol. The molecule has 1 unspecified atom stereocenters. The molecule has 1 aromatic rings. The van der Waals surface area contributed by atoms with E-state index in [1.54, 1.807) is 0 Å². The molecule has 0 aromatic heterocycles. The first kappa shape index (κ1) is 14.3. The highest BCUT2D eigenvalue weighted by atomic mass is 19.4. The van der Waals surface area contributed by atoms with Gasteiger partial charge in [-0.2, -0.15) is 13.2 Å². The van der Waals surface area contributed by atoms with Crippen LogP contribution in [-0.2, 0) is 6.18 Å². The van der Waals surface area contributed by atoms with Crippen molar-refractivity contribution < 1.29 is 22.7 Å². The molecule has 0 amide bonds. The molecule has 0 radical (unpaired) electrons. The van der Waals surface area contributed by atoms with Gasteiger partial charge in [-0.05, 0) is 36.6 Å². The molecule has 1 aromatic carbocycles. The Balaban J connectivity index is 2.34. The van der Waals surface area contributed by atoms with E-state index in [2.05, 4.69) is 5.32 Å². The molecule has 19 heavy (non-hydrogen) atoms. The third-order valence-electron chi connectivity index (χ3n) is 3.57. The first-order valence-electron chi connectivity index (χ1n) is 6.11. The maximum absolute atomic E-state index is 13.2. The minimum atomic E-state index is -4.69. The molecule has 2 rings (SSSR count). The lowest BCUT2D eigenvalue weighted by molar-refractivity contribution is -0.140. The van der Waals surface area contributed by atoms with Crippen LogP contribution in [0, 0.1) is 11.7 Å². The minimum Gasteiger partial charge on any atom is -0.396 e. The molecule has 6 heteroatoms. The van der Waals surface area contributed by atoms with Crippen LogP contribution in [0.3, 0.4) is 0 Å². The summed E-state index contributed by atoms with van der Waals surface area (Å²) in [4.78, 5) is 0. The molecule has 0 saturated carbocycles. The van der Waals surface area contributed by atoms with Gasteiger partial charge in [0.05, 0.1) is 5.56 Å². The second-order valence-corrected chi connectivity index (χ2v) is 4.78. The van der Waals surface area contributed by atoms with Crippen molar-refractivity contribution in [3.8, 4) is 0 Å². The van der Waals surface area contributed by atoms with E-state index in [1.165, 1.54) is 6.07 Å². The fourth-order valence-corrected chi connectivity index (χ4v) is 2.54. The van der Waals surface area contributed by atoms with Crippen LogP contribution in [0.25, 0.3) is 0 Å². The maximum Gasteiger partial charge on any atom is 0.419 e. The largest absolute Gasteiger partial charge is 0.419 e. The predicted octanol–water partition coefficient (Wildman–Crippen LogP) is 2.53. The number of hydrogen-bond donors (Lipinski definition) is 2. The van der Waals surface area contributed by atoms with Crippen molar-refractivity contribution in [3.63, 3.8) is 0 Å². The Morgan fingerprint density at radius 1 is 1.32 bits per heavy atom. The van der Waals surface area contributed by atoms with Crippen molar-refractivity contribution in [2.24, 2.45) is 5.92 Å². The highest BCUT2D eigenvalue weighted by Crippen LogP contribution is 2.36. The average molecular weight is 277 g/mol. The lowest BCUT2D eigenvalue weighted by atomic mass is 9.81. The van der Waals surface area contributed by atoms with Gasteiger partial charge in [0.15, 0.2) is 0 Å². The molecule has 0 bridgehead atoms. The highest BCUT2D eigenvalue weighted by Gasteiger charge is 2.35. The minimum absolute atomic E-state index is 0.101. The molecule has 1 aliphatic rings. The van der Waals surface area contributed by atoms with E-state index < -0.39 is 17.6 Å². The molecule has 1 heterocycles. The number of alkyl halides is 3. The summed E-state index contributed by atoms with van der Waals surface area (Å²) in [5.74, 6) is -1.57. The zero-order valence-electron chi connectivity index (χ0n) is 10.2. The van der Waals surface area contributed by atoms with Gasteiger partial charge in [-0.15, -0.1) is 0 Å². The zero-order valence-corrected chi connectivity index (χ0v) is 10.2. The maximum atomic E-state index is 13.2. The van der Waals surface area contributed by atoms with Crippen molar-refractivity contribution >= 4 is 0 Å². The van der Waals surface area contributed by atoms with Crippen molar-refractivity contribution in [1.82, 2.24) is 5.32 Å². The van der Waals surface area contributed by atoms with Gasteiger partial charge in [0.2, 0.25) is 0 Å². The highest BCUT2D eigenvalue weighted by molar-refractivity contribution is 5.30. The summed E-state index contributed by atoms with van der Waals surface area (Å²) in [5, 5.41) is 12.4. The smallest absolute Gasteiger partial charge is 0.396 e. The quantitative estimate of drug-likeness (QED) is 0.814. The van der Waals surface area contributed by atoms with Crippen LogP contribution < -0.4 is 5.32 Å². The van der Waals surface area contributed by atoms with E-state index >= 15 is 0 Å². The lowest BCUT2D eigenvalue weighted by Crippen LogP contribution is -2.37. The molecular weight excluding hydrogens is 262 g/mol. The summed E-state index contributed by atoms with van der Waals surface area (Å²) in [6.45, 7) is 1.14. The Bertz CT molecular complexity index is 447. The molecule has 1 saturated heterocycles. The molecular formula is C13H15F4NO. The molecule has 2 N–H and O–H groups in total. The van der Waals surface area contributed by atoms with Gasteiger partial charge in [-0.3, -0.25) is 0 Å². The van der Waals surface area contributed by atoms with Crippen molar-refractivity contribution in [1.29, 1.82) is 0 Å². The van der Waals surface area contributed by atoms with Crippen molar-refractivity contribution in [3.05, 3.63) is 35.1 Å². The molecule has 2 atom stereocenters. The third-order valence-corrected chi connectivity index (χ3v) is 3.57. The van der Waals surface area contributed by atoms with Crippen LogP contribution in [0.2, 0.25) is 0 Å². The SMILES string of the molecule is OC[C@@H]1CNCCC1c1ccc(F)c(C(F)(F)F)c1. The van der Waals surface area contributed by atoms with Crippen LogP contribution in [0.1, 0.15) is 23.5 Å². The third kappa shape index (κ3) is 3.06. The van der Waals surface area contributed by atoms with Crippen LogP contribution in [0.15, 0.2) is 18.2 Å². The molecule has 0 spiro atoms. The van der Waals surface area contributed by atoms with Gasteiger partial charge in [0.25, 0.3) is 0 Å². The molecule has 106 valence electrons. The van der Waals surface area contributed by atoms with E-state index in [0.29, 0.717) is 25.1 Å². The molecule has 1 aliphatic heterocycles. The van der Waals surface area contributed by atoms with Gasteiger partial charge >= 0.3 is 6.18 Å². The number of hydrogen-bond acceptors (Lipinski definition) is 2. The number of halogens is 4. The van der Waals surface area contributed by atoms with Gasteiger partial charge in [-0.25, -0.2) is 4.39 Å². The second kappa shape index (κ2) is 5.46. The average Bonchev–Trinajstić information content (AvgIpc) is 2.38. The first-order chi connectivity index (χ1) is 8.93. The number of benzene rings is 1. The predicted molar refractivity (Wildman–Crippen MR) is 62.2 cm³/mol. The Hall–Kier alpha value is -1.14. The standard InChI is InChI=1S/C13H15F4NO/c14-12-2-1-8(5-11(12)13(15,16)17)10-3-4-18-6-9(10)7-19/h1-2,5,9-10,18-19H,3-4,6-7H2/t9-,10?/m0/s1. The number of piperidine rings is 1. The Morgan fingerprint density at radius 3 is 2.68 bits per heavy atom. The van der Waals surface area contributed by atoms with Crippen LogP contribution in [-0.4, -0.2) is 24.8 Å². The Morgan fingerprint density at radius 2 is 2.05 bits per heavy atom. The number of aliphatic hydroxyl groups is 1. The normalized spacial score (nSPS) is 24.5. The van der Waals surface area contributed by atoms with E-state index in [4.69, 9.17) is 0 Å². The number of aliphatic hydroxyl groups excluding tert-OH is 1. The van der Waals surface area contributed by atoms with Crippen LogP contribution in [0.4, 0.5) is 17.6 Å². The number of rotatable bonds is 2. The molecule has 1 fully saturated rings. The van der Waals surface area contributed by atoms with E-state index in [1.807, 2.05) is 0 Å². The summed E-state index contributed by atoms with van der Waals surface area (Å²) in [5.41, 5.74) is -0.797. The summed E-state index contributed by atoms with van der Waals surface area (Å²) >= 11 is 0. The fourth-order valence-electron chi connectivity index (χ4n) is 2.54. The van der Waals surface area contributed by atoms with E-state index in [0.717, 1.165) is 12.1 Å². The second-order valence-electron chi connectivity index (χ2n) is 4.78. The zero-order chi connectivity index (χ0) is 14.0. The first-order valence-corrected chi connectivity index (χ1v) is 6.11. The van der Waals surface area contributed by atoms with E-state index in [9.17, 15) is 22.7 Å². The summed E-state index contributed by atoms with van der Waals surface area (Å²) < 4.78 is 51.2. The van der Waals surface area contributed by atoms with Crippen molar-refractivity contribution in [2.45, 2.75) is 18.5 Å². The van der Waals surface area contributed by atoms with Gasteiger partial charge in [0, 0.05) is 19.1 Å². The Labute approximate surface area is 108 Å². The van der Waals surface area contributed by atoms with Gasteiger partial charge in [-0.1, -0.05) is 6.07 Å². The molecule has 2 nitrogen and oxygen atoms in total. The summed E-state index contributed by atoms with van der Waals surface area (Å²) in [6, 6.07) is 3.10. The van der Waals surface area contributed by atoms with Gasteiger partial charge < -0.3 is 10.4 Å². The van der Waals surface area contributed by atoms with Crippen LogP contribution in [0.5, 0.6) is 0 Å². The van der Waals surface area contributed by atoms with Crippen molar-refractivity contribution in [2.75, 3.05) is 19.7 Å². The van der Waals surface area contributed by atoms with Crippen LogP contribution >= 0.6 is 0 Å². The Kier molecular flexibility index (Phi) is 4.10. The van der Waals surface area contributed by atoms with Gasteiger partial charge in [0.1, 0.15) is 5.82 Å². The summed E-state index contributed by atoms with van der Waals surface area (Å²) in [7, 11) is 0. The van der Waals surface area contributed by atoms with E-state index in [-0.39, 0.29) is 18.4 Å². The summed E-state index contributed by atoms with van der Waals surface area (Å²) in [6.07, 6.45) is -4.06. The number of nitrogens with one attached hydrogen (secondary N) is 1. The fraction of sp³-hybridized carbons (Fsp3) is 0.538.